The van der Waals surface area contributed by atoms with Gasteiger partial charge in [-0.1, -0.05) is 30.3 Å². The van der Waals surface area contributed by atoms with Gasteiger partial charge in [0.15, 0.2) is 0 Å². The van der Waals surface area contributed by atoms with E-state index in [1.165, 1.54) is 5.56 Å². The Bertz CT molecular complexity index is 1250. The fourth-order valence-corrected chi connectivity index (χ4v) is 4.66. The third kappa shape index (κ3) is 6.81. The van der Waals surface area contributed by atoms with Crippen molar-refractivity contribution in [3.05, 3.63) is 97.1 Å². The van der Waals surface area contributed by atoms with Gasteiger partial charge in [-0.05, 0) is 87.1 Å². The maximum absolute atomic E-state index is 12.7. The van der Waals surface area contributed by atoms with E-state index in [4.69, 9.17) is 4.74 Å². The van der Waals surface area contributed by atoms with Crippen LogP contribution in [0.15, 0.2) is 91.5 Å². The van der Waals surface area contributed by atoms with Gasteiger partial charge in [-0.2, -0.15) is 5.10 Å². The van der Waals surface area contributed by atoms with Crippen LogP contribution in [0.25, 0.3) is 5.69 Å². The van der Waals surface area contributed by atoms with Crippen molar-refractivity contribution in [1.82, 2.24) is 24.6 Å². The predicted octanol–water partition coefficient (Wildman–Crippen LogP) is 4.59. The first-order valence-electron chi connectivity index (χ1n) is 12.6. The van der Waals surface area contributed by atoms with Crippen LogP contribution in [0.4, 0.5) is 5.69 Å². The minimum absolute atomic E-state index is 0.00544. The SMILES string of the molecule is CN(CC(=O)Nc1ccc(Oc2ccccc2)cc1)C1CCN(Cc2ccc(-n3cncn3)cc2)CC1. The lowest BCUT2D eigenvalue weighted by molar-refractivity contribution is -0.117. The molecule has 1 aliphatic heterocycles. The van der Waals surface area contributed by atoms with Crippen LogP contribution in [0.5, 0.6) is 11.5 Å². The second-order valence-corrected chi connectivity index (χ2v) is 9.42. The van der Waals surface area contributed by atoms with Crippen LogP contribution < -0.4 is 10.1 Å². The number of nitrogens with one attached hydrogen (secondary N) is 1. The fourth-order valence-electron chi connectivity index (χ4n) is 4.66. The molecule has 0 unspecified atom stereocenters. The second kappa shape index (κ2) is 11.8. The number of hydrogen-bond acceptors (Lipinski definition) is 6. The van der Waals surface area contributed by atoms with Crippen LogP contribution in [0, 0.1) is 0 Å². The summed E-state index contributed by atoms with van der Waals surface area (Å²) in [5.74, 6) is 1.52. The van der Waals surface area contributed by atoms with Crippen LogP contribution in [0.3, 0.4) is 0 Å². The standard InChI is InChI=1S/C29H32N6O2/c1-33(20-29(36)32-24-9-13-28(14-10-24)37-27-5-3-2-4-6-27)25-15-17-34(18-16-25)19-23-7-11-26(12-8-23)35-22-30-21-31-35/h2-14,21-22,25H,15-20H2,1H3,(H,32,36). The first kappa shape index (κ1) is 24.7. The molecule has 3 aromatic carbocycles. The maximum atomic E-state index is 12.7. The summed E-state index contributed by atoms with van der Waals surface area (Å²) in [7, 11) is 2.04. The minimum Gasteiger partial charge on any atom is -0.457 e. The fraction of sp³-hybridized carbons (Fsp3) is 0.276. The summed E-state index contributed by atoms with van der Waals surface area (Å²) < 4.78 is 7.58. The molecule has 0 bridgehead atoms. The molecule has 1 fully saturated rings. The first-order chi connectivity index (χ1) is 18.1. The number of anilines is 1. The summed E-state index contributed by atoms with van der Waals surface area (Å²) in [6, 6.07) is 26.0. The largest absolute Gasteiger partial charge is 0.457 e. The van der Waals surface area contributed by atoms with E-state index in [1.54, 1.807) is 17.3 Å². The molecule has 37 heavy (non-hydrogen) atoms. The zero-order valence-electron chi connectivity index (χ0n) is 21.0. The van der Waals surface area contributed by atoms with E-state index in [1.807, 2.05) is 61.6 Å². The lowest BCUT2D eigenvalue weighted by Gasteiger charge is -2.36. The number of likely N-dealkylation sites (tertiary alicyclic amines) is 1. The van der Waals surface area contributed by atoms with Crippen LogP contribution >= 0.6 is 0 Å². The van der Waals surface area contributed by atoms with Gasteiger partial charge < -0.3 is 10.1 Å². The van der Waals surface area contributed by atoms with Crippen molar-refractivity contribution in [2.24, 2.45) is 0 Å². The van der Waals surface area contributed by atoms with E-state index in [-0.39, 0.29) is 5.91 Å². The van der Waals surface area contributed by atoms with E-state index >= 15 is 0 Å². The summed E-state index contributed by atoms with van der Waals surface area (Å²) in [4.78, 5) is 21.3. The molecule has 1 aromatic heterocycles. The summed E-state index contributed by atoms with van der Waals surface area (Å²) >= 11 is 0. The van der Waals surface area contributed by atoms with Crippen molar-refractivity contribution >= 4 is 11.6 Å². The Balaban J connectivity index is 1.04. The summed E-state index contributed by atoms with van der Waals surface area (Å²) in [5.41, 5.74) is 3.06. The Morgan fingerprint density at radius 1 is 0.973 bits per heavy atom. The van der Waals surface area contributed by atoms with Gasteiger partial charge in [-0.25, -0.2) is 9.67 Å². The lowest BCUT2D eigenvalue weighted by Crippen LogP contribution is -2.45. The van der Waals surface area contributed by atoms with Gasteiger partial charge in [0.2, 0.25) is 5.91 Å². The van der Waals surface area contributed by atoms with Gasteiger partial charge in [-0.3, -0.25) is 14.6 Å². The zero-order valence-corrected chi connectivity index (χ0v) is 21.0. The van der Waals surface area contributed by atoms with Gasteiger partial charge in [0.25, 0.3) is 0 Å². The van der Waals surface area contributed by atoms with Gasteiger partial charge in [0, 0.05) is 18.3 Å². The second-order valence-electron chi connectivity index (χ2n) is 9.42. The number of carbonyl (C=O) groups excluding carboxylic acids is 1. The molecule has 8 heteroatoms. The average Bonchev–Trinajstić information content (AvgIpc) is 3.46. The highest BCUT2D eigenvalue weighted by Crippen LogP contribution is 2.23. The van der Waals surface area contributed by atoms with Crippen molar-refractivity contribution in [3.8, 4) is 17.2 Å². The normalized spacial score (nSPS) is 14.5. The van der Waals surface area contributed by atoms with Gasteiger partial charge in [-0.15, -0.1) is 0 Å². The molecule has 0 saturated carbocycles. The van der Waals surface area contributed by atoms with Crippen molar-refractivity contribution < 1.29 is 9.53 Å². The molecule has 0 spiro atoms. The average molecular weight is 497 g/mol. The number of benzene rings is 3. The van der Waals surface area contributed by atoms with Crippen molar-refractivity contribution in [2.45, 2.75) is 25.4 Å². The lowest BCUT2D eigenvalue weighted by atomic mass is 10.0. The number of ether oxygens (including phenoxy) is 1. The molecular weight excluding hydrogens is 464 g/mol. The topological polar surface area (TPSA) is 75.5 Å². The monoisotopic (exact) mass is 496 g/mol. The van der Waals surface area contributed by atoms with E-state index in [0.717, 1.165) is 55.3 Å². The molecule has 2 heterocycles. The highest BCUT2D eigenvalue weighted by atomic mass is 16.5. The van der Waals surface area contributed by atoms with Gasteiger partial charge in [0.05, 0.1) is 12.2 Å². The molecule has 1 saturated heterocycles. The molecular formula is C29H32N6O2. The molecule has 190 valence electrons. The summed E-state index contributed by atoms with van der Waals surface area (Å²) in [6.45, 7) is 3.34. The number of hydrogen-bond donors (Lipinski definition) is 1. The number of para-hydroxylation sites is 1. The minimum atomic E-state index is -0.00544. The number of aromatic nitrogens is 3. The van der Waals surface area contributed by atoms with E-state index in [0.29, 0.717) is 12.6 Å². The maximum Gasteiger partial charge on any atom is 0.238 e. The zero-order chi connectivity index (χ0) is 25.5. The van der Waals surface area contributed by atoms with E-state index in [9.17, 15) is 4.79 Å². The van der Waals surface area contributed by atoms with Crippen LogP contribution in [-0.2, 0) is 11.3 Å². The number of rotatable bonds is 9. The molecule has 0 atom stereocenters. The van der Waals surface area contributed by atoms with Crippen LogP contribution in [-0.4, -0.2) is 63.2 Å². The highest BCUT2D eigenvalue weighted by molar-refractivity contribution is 5.92. The number of nitrogens with zero attached hydrogens (tertiary/aromatic N) is 5. The molecule has 0 aliphatic carbocycles. The number of amides is 1. The van der Waals surface area contributed by atoms with E-state index < -0.39 is 0 Å². The highest BCUT2D eigenvalue weighted by Gasteiger charge is 2.23. The molecule has 0 radical (unpaired) electrons. The summed E-state index contributed by atoms with van der Waals surface area (Å²) in [5, 5.41) is 7.18. The Hall–Kier alpha value is -4.01. The Labute approximate surface area is 217 Å². The predicted molar refractivity (Wildman–Crippen MR) is 144 cm³/mol. The molecule has 8 nitrogen and oxygen atoms in total. The van der Waals surface area contributed by atoms with Crippen LogP contribution in [0.2, 0.25) is 0 Å². The van der Waals surface area contributed by atoms with Crippen LogP contribution in [0.1, 0.15) is 18.4 Å². The van der Waals surface area contributed by atoms with E-state index in [2.05, 4.69) is 49.5 Å². The smallest absolute Gasteiger partial charge is 0.238 e. The Kier molecular flexibility index (Phi) is 7.88. The molecule has 5 rings (SSSR count). The molecule has 1 aliphatic rings. The number of likely N-dealkylation sites (N-methyl/N-ethyl adjacent to an activating group) is 1. The quantitative estimate of drug-likeness (QED) is 0.365. The number of piperidine rings is 1. The summed E-state index contributed by atoms with van der Waals surface area (Å²) in [6.07, 6.45) is 5.34. The molecule has 4 aromatic rings. The van der Waals surface area contributed by atoms with Gasteiger partial charge >= 0.3 is 0 Å². The number of carbonyl (C=O) groups is 1. The third-order valence-corrected chi connectivity index (χ3v) is 6.72. The molecule has 1 N–H and O–H groups in total. The third-order valence-electron chi connectivity index (χ3n) is 6.72. The Morgan fingerprint density at radius 2 is 1.68 bits per heavy atom. The van der Waals surface area contributed by atoms with Gasteiger partial charge in [0.1, 0.15) is 24.2 Å². The first-order valence-corrected chi connectivity index (χ1v) is 12.6. The van der Waals surface area contributed by atoms with Crippen molar-refractivity contribution in [1.29, 1.82) is 0 Å². The van der Waals surface area contributed by atoms with Crippen molar-refractivity contribution in [3.63, 3.8) is 0 Å². The Morgan fingerprint density at radius 3 is 2.35 bits per heavy atom. The molecule has 1 amide bonds. The van der Waals surface area contributed by atoms with Crippen molar-refractivity contribution in [2.75, 3.05) is 32.0 Å².